The Morgan fingerprint density at radius 2 is 2.13 bits per heavy atom. The van der Waals surface area contributed by atoms with Gasteiger partial charge in [-0.3, -0.25) is 0 Å². The highest BCUT2D eigenvalue weighted by Gasteiger charge is 2.24. The van der Waals surface area contributed by atoms with Crippen molar-refractivity contribution in [2.75, 3.05) is 0 Å². The van der Waals surface area contributed by atoms with Crippen LogP contribution in [0, 0.1) is 0 Å². The fourth-order valence-electron chi connectivity index (χ4n) is 2.48. The van der Waals surface area contributed by atoms with Crippen molar-refractivity contribution < 1.29 is 14.4 Å². The van der Waals surface area contributed by atoms with Gasteiger partial charge >= 0.3 is 5.97 Å². The number of carbonyl (C=O) groups is 1. The second-order valence-corrected chi connectivity index (χ2v) is 5.24. The molecule has 1 atom stereocenters. The number of carboxylic acid groups (broad SMARTS) is 1. The molecule has 0 fully saturated rings. The minimum absolute atomic E-state index is 0.369. The van der Waals surface area contributed by atoms with E-state index in [2.05, 4.69) is 10.1 Å². The minimum atomic E-state index is -0.914. The van der Waals surface area contributed by atoms with Crippen LogP contribution < -0.4 is 0 Å². The summed E-state index contributed by atoms with van der Waals surface area (Å²) in [7, 11) is 0. The summed E-state index contributed by atoms with van der Waals surface area (Å²) in [6.45, 7) is 1.98. The molecule has 0 amide bonds. The van der Waals surface area contributed by atoms with Crippen molar-refractivity contribution in [2.24, 2.45) is 0 Å². The van der Waals surface area contributed by atoms with E-state index in [-0.39, 0.29) is 0 Å². The van der Waals surface area contributed by atoms with E-state index in [1.165, 1.54) is 0 Å². The fourth-order valence-corrected chi connectivity index (χ4v) is 2.48. The highest BCUT2D eigenvalue weighted by Crippen LogP contribution is 2.24. The molecule has 0 aliphatic rings. The van der Waals surface area contributed by atoms with E-state index in [1.54, 1.807) is 23.0 Å². The number of aliphatic carboxylic acids is 1. The van der Waals surface area contributed by atoms with E-state index in [0.29, 0.717) is 18.0 Å². The zero-order valence-corrected chi connectivity index (χ0v) is 12.7. The zero-order chi connectivity index (χ0) is 16.2. The zero-order valence-electron chi connectivity index (χ0n) is 12.7. The molecule has 6 heteroatoms. The van der Waals surface area contributed by atoms with E-state index in [1.807, 2.05) is 37.3 Å². The Bertz CT molecular complexity index is 792. The standard InChI is InChI=1S/C17H17N3O3/c1-2-13-11-15(23-19-13)16-18-8-9-20(16)14(17(21)22)10-12-6-4-3-5-7-12/h3-9,11,14H,2,10H2,1H3,(H,21,22)/t14-/m0/s1. The topological polar surface area (TPSA) is 81.2 Å². The van der Waals surface area contributed by atoms with Gasteiger partial charge in [0.05, 0.1) is 5.69 Å². The molecule has 0 spiro atoms. The summed E-state index contributed by atoms with van der Waals surface area (Å²) in [6, 6.07) is 10.6. The first-order valence-corrected chi connectivity index (χ1v) is 7.44. The van der Waals surface area contributed by atoms with Crippen molar-refractivity contribution in [3.8, 4) is 11.6 Å². The van der Waals surface area contributed by atoms with Crippen LogP contribution in [0.25, 0.3) is 11.6 Å². The summed E-state index contributed by atoms with van der Waals surface area (Å²) in [6.07, 6.45) is 4.35. The number of benzene rings is 1. The Hall–Kier alpha value is -2.89. The average molecular weight is 311 g/mol. The summed E-state index contributed by atoms with van der Waals surface area (Å²) in [5, 5.41) is 13.6. The molecule has 118 valence electrons. The van der Waals surface area contributed by atoms with Gasteiger partial charge in [-0.1, -0.05) is 42.4 Å². The molecule has 2 heterocycles. The van der Waals surface area contributed by atoms with Gasteiger partial charge in [0, 0.05) is 24.9 Å². The van der Waals surface area contributed by atoms with Crippen LogP contribution in [0.5, 0.6) is 0 Å². The van der Waals surface area contributed by atoms with E-state index >= 15 is 0 Å². The quantitative estimate of drug-likeness (QED) is 0.757. The maximum atomic E-state index is 11.8. The lowest BCUT2D eigenvalue weighted by Gasteiger charge is -2.16. The molecule has 0 radical (unpaired) electrons. The second kappa shape index (κ2) is 6.48. The Labute approximate surface area is 133 Å². The molecule has 3 aromatic rings. The minimum Gasteiger partial charge on any atom is -0.480 e. The molecule has 0 aliphatic heterocycles. The number of rotatable bonds is 6. The number of aromatic nitrogens is 3. The van der Waals surface area contributed by atoms with E-state index in [9.17, 15) is 9.90 Å². The SMILES string of the molecule is CCc1cc(-c2nccn2[C@@H](Cc2ccccc2)C(=O)O)on1. The molecule has 0 saturated heterocycles. The predicted octanol–water partition coefficient (Wildman–Crippen LogP) is 2.97. The van der Waals surface area contributed by atoms with Gasteiger partial charge in [-0.15, -0.1) is 0 Å². The fraction of sp³-hybridized carbons (Fsp3) is 0.235. The number of aryl methyl sites for hydroxylation is 1. The van der Waals surface area contributed by atoms with Gasteiger partial charge in [0.2, 0.25) is 5.76 Å². The molecular formula is C17H17N3O3. The molecular weight excluding hydrogens is 294 g/mol. The van der Waals surface area contributed by atoms with Crippen LogP contribution in [0.15, 0.2) is 53.3 Å². The smallest absolute Gasteiger partial charge is 0.327 e. The largest absolute Gasteiger partial charge is 0.480 e. The van der Waals surface area contributed by atoms with Gasteiger partial charge in [0.25, 0.3) is 0 Å². The highest BCUT2D eigenvalue weighted by atomic mass is 16.5. The van der Waals surface area contributed by atoms with Gasteiger partial charge in [0.15, 0.2) is 5.82 Å². The van der Waals surface area contributed by atoms with Crippen LogP contribution in [0.2, 0.25) is 0 Å². The number of hydrogen-bond donors (Lipinski definition) is 1. The summed E-state index contributed by atoms with van der Waals surface area (Å²) >= 11 is 0. The number of imidazole rings is 1. The number of carboxylic acids is 1. The molecule has 0 unspecified atom stereocenters. The van der Waals surface area contributed by atoms with Crippen LogP contribution in [0.1, 0.15) is 24.2 Å². The number of hydrogen-bond acceptors (Lipinski definition) is 4. The summed E-state index contributed by atoms with van der Waals surface area (Å²) in [4.78, 5) is 16.0. The van der Waals surface area contributed by atoms with Crippen LogP contribution in [0.4, 0.5) is 0 Å². The van der Waals surface area contributed by atoms with E-state index in [4.69, 9.17) is 4.52 Å². The third-order valence-electron chi connectivity index (χ3n) is 3.70. The normalized spacial score (nSPS) is 12.2. The van der Waals surface area contributed by atoms with Crippen molar-refractivity contribution in [3.63, 3.8) is 0 Å². The monoisotopic (exact) mass is 311 g/mol. The first-order chi connectivity index (χ1) is 11.2. The molecule has 3 rings (SSSR count). The van der Waals surface area contributed by atoms with Gasteiger partial charge < -0.3 is 14.2 Å². The Morgan fingerprint density at radius 3 is 2.78 bits per heavy atom. The van der Waals surface area contributed by atoms with Crippen molar-refractivity contribution in [1.82, 2.24) is 14.7 Å². The van der Waals surface area contributed by atoms with Gasteiger partial charge in [0.1, 0.15) is 6.04 Å². The average Bonchev–Trinajstić information content (AvgIpc) is 3.21. The lowest BCUT2D eigenvalue weighted by Crippen LogP contribution is -2.21. The molecule has 1 N–H and O–H groups in total. The van der Waals surface area contributed by atoms with Crippen molar-refractivity contribution in [1.29, 1.82) is 0 Å². The molecule has 6 nitrogen and oxygen atoms in total. The van der Waals surface area contributed by atoms with Crippen molar-refractivity contribution in [2.45, 2.75) is 25.8 Å². The van der Waals surface area contributed by atoms with Crippen LogP contribution >= 0.6 is 0 Å². The first-order valence-electron chi connectivity index (χ1n) is 7.44. The molecule has 0 saturated carbocycles. The maximum absolute atomic E-state index is 11.8. The van der Waals surface area contributed by atoms with Crippen molar-refractivity contribution in [3.05, 3.63) is 60.0 Å². The highest BCUT2D eigenvalue weighted by molar-refractivity contribution is 5.73. The molecule has 0 aliphatic carbocycles. The molecule has 2 aromatic heterocycles. The van der Waals surface area contributed by atoms with Gasteiger partial charge in [-0.05, 0) is 12.0 Å². The molecule has 23 heavy (non-hydrogen) atoms. The molecule has 1 aromatic carbocycles. The Morgan fingerprint density at radius 1 is 1.35 bits per heavy atom. The maximum Gasteiger partial charge on any atom is 0.327 e. The third kappa shape index (κ3) is 3.15. The summed E-state index contributed by atoms with van der Waals surface area (Å²) in [5.74, 6) is 0.0371. The van der Waals surface area contributed by atoms with E-state index in [0.717, 1.165) is 17.7 Å². The van der Waals surface area contributed by atoms with E-state index < -0.39 is 12.0 Å². The Balaban J connectivity index is 1.95. The molecule has 0 bridgehead atoms. The van der Waals surface area contributed by atoms with Gasteiger partial charge in [-0.2, -0.15) is 0 Å². The third-order valence-corrected chi connectivity index (χ3v) is 3.70. The van der Waals surface area contributed by atoms with Crippen molar-refractivity contribution >= 4 is 5.97 Å². The first kappa shape index (κ1) is 15.0. The van der Waals surface area contributed by atoms with Crippen LogP contribution in [0.3, 0.4) is 0 Å². The second-order valence-electron chi connectivity index (χ2n) is 5.24. The lowest BCUT2D eigenvalue weighted by atomic mass is 10.1. The summed E-state index contributed by atoms with van der Waals surface area (Å²) < 4.78 is 6.91. The van der Waals surface area contributed by atoms with Gasteiger partial charge in [-0.25, -0.2) is 9.78 Å². The predicted molar refractivity (Wildman–Crippen MR) is 83.9 cm³/mol. The number of nitrogens with zero attached hydrogens (tertiary/aromatic N) is 3. The summed E-state index contributed by atoms with van der Waals surface area (Å²) in [5.41, 5.74) is 1.76. The lowest BCUT2D eigenvalue weighted by molar-refractivity contribution is -0.140. The van der Waals surface area contributed by atoms with Crippen LogP contribution in [-0.4, -0.2) is 25.8 Å². The Kier molecular flexibility index (Phi) is 4.23. The van der Waals surface area contributed by atoms with Crippen LogP contribution in [-0.2, 0) is 17.6 Å².